The molecule has 0 unspecified atom stereocenters. The van der Waals surface area contributed by atoms with Crippen LogP contribution < -0.4 is 4.74 Å². The van der Waals surface area contributed by atoms with Gasteiger partial charge in [0.1, 0.15) is 11.4 Å². The highest BCUT2D eigenvalue weighted by atomic mass is 16.5. The molecule has 0 spiro atoms. The van der Waals surface area contributed by atoms with Crippen molar-refractivity contribution in [3.05, 3.63) is 52.1 Å². The first-order chi connectivity index (χ1) is 9.22. The predicted molar refractivity (Wildman–Crippen MR) is 82.2 cm³/mol. The van der Waals surface area contributed by atoms with Crippen LogP contribution in [0.5, 0.6) is 5.75 Å². The van der Waals surface area contributed by atoms with E-state index in [0.29, 0.717) is 0 Å². The molecule has 0 saturated carbocycles. The summed E-state index contributed by atoms with van der Waals surface area (Å²) >= 11 is 0. The molecule has 2 rings (SSSR count). The van der Waals surface area contributed by atoms with Crippen LogP contribution in [-0.2, 0) is 4.79 Å². The Bertz CT molecular complexity index is 588. The first-order valence-electron chi connectivity index (χ1n) is 6.92. The van der Waals surface area contributed by atoms with Gasteiger partial charge in [-0.05, 0) is 76.0 Å². The lowest BCUT2D eigenvalue weighted by molar-refractivity contribution is -0.112. The molecule has 0 heterocycles. The normalized spacial score (nSPS) is 17.6. The van der Waals surface area contributed by atoms with Gasteiger partial charge in [0.05, 0.1) is 0 Å². The number of rotatable bonds is 2. The zero-order valence-corrected chi connectivity index (χ0v) is 13.1. The Balaban J connectivity index is 2.42. The molecule has 0 amide bonds. The Hall–Kier alpha value is -1.83. The molecule has 20 heavy (non-hydrogen) atoms. The van der Waals surface area contributed by atoms with E-state index >= 15 is 0 Å². The maximum atomic E-state index is 11.9. The van der Waals surface area contributed by atoms with Crippen LogP contribution >= 0.6 is 0 Å². The van der Waals surface area contributed by atoms with Crippen LogP contribution in [0.2, 0.25) is 0 Å². The summed E-state index contributed by atoms with van der Waals surface area (Å²) in [7, 11) is 0. The Morgan fingerprint density at radius 3 is 1.80 bits per heavy atom. The molecule has 1 aromatic carbocycles. The number of ether oxygens (including phenoxy) is 1. The molecular formula is C18H22O2. The molecule has 0 radical (unpaired) electrons. The summed E-state index contributed by atoms with van der Waals surface area (Å²) in [5.41, 5.74) is 4.41. The summed E-state index contributed by atoms with van der Waals surface area (Å²) < 4.78 is 6.24. The summed E-state index contributed by atoms with van der Waals surface area (Å²) in [5.74, 6) is 1.00. The molecular weight excluding hydrogens is 248 g/mol. The number of hydrogen-bond acceptors (Lipinski definition) is 2. The van der Waals surface area contributed by atoms with Crippen LogP contribution in [0.25, 0.3) is 0 Å². The number of Topliss-reactive ketones (excluding diaryl/α,β-unsaturated/α-hetero) is 1. The lowest BCUT2D eigenvalue weighted by Crippen LogP contribution is -2.32. The first-order valence-corrected chi connectivity index (χ1v) is 6.92. The third-order valence-corrected chi connectivity index (χ3v) is 3.65. The minimum Gasteiger partial charge on any atom is -0.479 e. The van der Waals surface area contributed by atoms with E-state index < -0.39 is 5.60 Å². The number of aryl methyl sites for hydroxylation is 3. The maximum Gasteiger partial charge on any atom is 0.184 e. The number of carbonyl (C=O) groups is 1. The molecule has 1 aliphatic rings. The highest BCUT2D eigenvalue weighted by molar-refractivity contribution is 6.08. The molecule has 0 bridgehead atoms. The summed E-state index contributed by atoms with van der Waals surface area (Å²) in [4.78, 5) is 11.9. The molecule has 1 aliphatic carbocycles. The van der Waals surface area contributed by atoms with Gasteiger partial charge in [-0.1, -0.05) is 17.7 Å². The Morgan fingerprint density at radius 2 is 1.35 bits per heavy atom. The zero-order valence-electron chi connectivity index (χ0n) is 13.1. The molecule has 2 heteroatoms. The van der Waals surface area contributed by atoms with E-state index in [4.69, 9.17) is 4.74 Å². The van der Waals surface area contributed by atoms with E-state index in [1.807, 2.05) is 32.9 Å². The predicted octanol–water partition coefficient (Wildman–Crippen LogP) is 4.22. The summed E-state index contributed by atoms with van der Waals surface area (Å²) in [6, 6.07) is 4.24. The fourth-order valence-electron chi connectivity index (χ4n) is 2.95. The summed E-state index contributed by atoms with van der Waals surface area (Å²) in [5, 5.41) is 0. The maximum absolute atomic E-state index is 11.9. The van der Waals surface area contributed by atoms with E-state index in [-0.39, 0.29) is 5.78 Å². The van der Waals surface area contributed by atoms with Crippen molar-refractivity contribution in [3.8, 4) is 5.75 Å². The molecule has 0 fully saturated rings. The first kappa shape index (κ1) is 14.6. The van der Waals surface area contributed by atoms with Gasteiger partial charge in [-0.2, -0.15) is 0 Å². The summed E-state index contributed by atoms with van der Waals surface area (Å²) in [6.45, 7) is 11.9. The van der Waals surface area contributed by atoms with Gasteiger partial charge in [-0.25, -0.2) is 0 Å². The van der Waals surface area contributed by atoms with Gasteiger partial charge in [0.15, 0.2) is 5.78 Å². The van der Waals surface area contributed by atoms with Crippen LogP contribution in [0.15, 0.2) is 35.4 Å². The molecule has 0 aromatic heterocycles. The van der Waals surface area contributed by atoms with Gasteiger partial charge in [0, 0.05) is 0 Å². The van der Waals surface area contributed by atoms with Gasteiger partial charge < -0.3 is 4.74 Å². The second-order valence-corrected chi connectivity index (χ2v) is 6.00. The van der Waals surface area contributed by atoms with Crippen LogP contribution in [-0.4, -0.2) is 11.4 Å². The second kappa shape index (κ2) is 4.93. The van der Waals surface area contributed by atoms with Crippen molar-refractivity contribution in [1.29, 1.82) is 0 Å². The lowest BCUT2D eigenvalue weighted by atomic mass is 9.89. The Kier molecular flexibility index (Phi) is 3.59. The van der Waals surface area contributed by atoms with Crippen molar-refractivity contribution in [2.75, 3.05) is 0 Å². The topological polar surface area (TPSA) is 26.3 Å². The van der Waals surface area contributed by atoms with E-state index in [1.165, 1.54) is 5.56 Å². The van der Waals surface area contributed by atoms with Crippen LogP contribution in [0.1, 0.15) is 37.5 Å². The average molecular weight is 270 g/mol. The number of hydrogen-bond donors (Lipinski definition) is 0. The van der Waals surface area contributed by atoms with E-state index in [9.17, 15) is 4.79 Å². The fraction of sp³-hybridized carbons (Fsp3) is 0.389. The van der Waals surface area contributed by atoms with E-state index in [0.717, 1.165) is 28.0 Å². The SMILES string of the molecule is CC1=CC(C)(Oc2c(C)cc(C)cc2C)C=C(C)C1=O. The summed E-state index contributed by atoms with van der Waals surface area (Å²) in [6.07, 6.45) is 3.81. The van der Waals surface area contributed by atoms with Gasteiger partial charge in [0.2, 0.25) is 0 Å². The minimum atomic E-state index is -0.563. The molecule has 0 atom stereocenters. The number of ketones is 1. The van der Waals surface area contributed by atoms with Crippen LogP contribution in [0, 0.1) is 20.8 Å². The second-order valence-electron chi connectivity index (χ2n) is 6.00. The van der Waals surface area contributed by atoms with Gasteiger partial charge >= 0.3 is 0 Å². The molecule has 1 aromatic rings. The Labute approximate surface area is 121 Å². The molecule has 0 N–H and O–H groups in total. The van der Waals surface area contributed by atoms with Crippen molar-refractivity contribution in [2.45, 2.75) is 47.1 Å². The van der Waals surface area contributed by atoms with Crippen molar-refractivity contribution in [2.24, 2.45) is 0 Å². The van der Waals surface area contributed by atoms with Gasteiger partial charge in [-0.3, -0.25) is 4.79 Å². The van der Waals surface area contributed by atoms with Crippen molar-refractivity contribution >= 4 is 5.78 Å². The fourth-order valence-corrected chi connectivity index (χ4v) is 2.95. The standard InChI is InChI=1S/C18H22O2/c1-11-7-12(2)17(13(3)8-11)20-18(6)9-14(4)16(19)15(5)10-18/h7-10H,1-6H3. The van der Waals surface area contributed by atoms with Gasteiger partial charge in [-0.15, -0.1) is 0 Å². The van der Waals surface area contributed by atoms with E-state index in [1.54, 1.807) is 0 Å². The van der Waals surface area contributed by atoms with Crippen LogP contribution in [0.3, 0.4) is 0 Å². The molecule has 2 nitrogen and oxygen atoms in total. The van der Waals surface area contributed by atoms with Crippen molar-refractivity contribution in [3.63, 3.8) is 0 Å². The van der Waals surface area contributed by atoms with Crippen LogP contribution in [0.4, 0.5) is 0 Å². The molecule has 106 valence electrons. The average Bonchev–Trinajstić information content (AvgIpc) is 2.31. The third-order valence-electron chi connectivity index (χ3n) is 3.65. The van der Waals surface area contributed by atoms with Crippen molar-refractivity contribution in [1.82, 2.24) is 0 Å². The number of carbonyl (C=O) groups excluding carboxylic acids is 1. The van der Waals surface area contributed by atoms with Crippen molar-refractivity contribution < 1.29 is 9.53 Å². The smallest absolute Gasteiger partial charge is 0.184 e. The van der Waals surface area contributed by atoms with Gasteiger partial charge in [0.25, 0.3) is 0 Å². The lowest BCUT2D eigenvalue weighted by Gasteiger charge is -2.30. The largest absolute Gasteiger partial charge is 0.479 e. The molecule has 0 saturated heterocycles. The monoisotopic (exact) mass is 270 g/mol. The number of allylic oxidation sites excluding steroid dienone is 2. The molecule has 0 aliphatic heterocycles. The quantitative estimate of drug-likeness (QED) is 0.804. The van der Waals surface area contributed by atoms with E-state index in [2.05, 4.69) is 32.9 Å². The number of benzene rings is 1. The highest BCUT2D eigenvalue weighted by Crippen LogP contribution is 2.32. The zero-order chi connectivity index (χ0) is 15.1. The highest BCUT2D eigenvalue weighted by Gasteiger charge is 2.29. The third kappa shape index (κ3) is 2.69. The minimum absolute atomic E-state index is 0.100. The Morgan fingerprint density at radius 1 is 0.900 bits per heavy atom.